The van der Waals surface area contributed by atoms with Gasteiger partial charge < -0.3 is 24.8 Å². The molecule has 0 aliphatic carbocycles. The lowest BCUT2D eigenvalue weighted by molar-refractivity contribution is 0.0939. The first-order valence-corrected chi connectivity index (χ1v) is 10.7. The molecule has 30 heavy (non-hydrogen) atoms. The molecule has 0 radical (unpaired) electrons. The van der Waals surface area contributed by atoms with Crippen LogP contribution in [0.4, 0.5) is 11.5 Å². The third kappa shape index (κ3) is 4.91. The van der Waals surface area contributed by atoms with Crippen LogP contribution in [-0.4, -0.2) is 75.3 Å². The number of carbonyl (C=O) groups excluding carboxylic acids is 1. The molecule has 2 fully saturated rings. The highest BCUT2D eigenvalue weighted by Crippen LogP contribution is 2.21. The Morgan fingerprint density at radius 3 is 2.40 bits per heavy atom. The van der Waals surface area contributed by atoms with Gasteiger partial charge in [0.2, 0.25) is 0 Å². The van der Waals surface area contributed by atoms with E-state index in [4.69, 9.17) is 4.74 Å². The van der Waals surface area contributed by atoms with E-state index in [9.17, 15) is 4.79 Å². The van der Waals surface area contributed by atoms with Crippen LogP contribution >= 0.6 is 0 Å². The summed E-state index contributed by atoms with van der Waals surface area (Å²) in [5, 5.41) is 3.12. The molecule has 2 aliphatic rings. The molecule has 4 rings (SSSR count). The summed E-state index contributed by atoms with van der Waals surface area (Å²) < 4.78 is 5.42. The number of benzene rings is 1. The van der Waals surface area contributed by atoms with E-state index in [1.807, 2.05) is 13.0 Å². The lowest BCUT2D eigenvalue weighted by atomic mass is 10.1. The number of likely N-dealkylation sites (N-methyl/N-ethyl adjacent to an activating group) is 1. The quantitative estimate of drug-likeness (QED) is 0.817. The minimum atomic E-state index is -0.0727. The zero-order valence-electron chi connectivity index (χ0n) is 17.9. The fourth-order valence-electron chi connectivity index (χ4n) is 3.93. The number of ether oxygens (including phenoxy) is 1. The summed E-state index contributed by atoms with van der Waals surface area (Å²) in [6, 6.07) is 12.0. The van der Waals surface area contributed by atoms with E-state index < -0.39 is 0 Å². The Morgan fingerprint density at radius 2 is 1.70 bits per heavy atom. The van der Waals surface area contributed by atoms with E-state index in [0.717, 1.165) is 63.9 Å². The zero-order valence-corrected chi connectivity index (χ0v) is 17.9. The minimum absolute atomic E-state index is 0.0717. The number of carbonyl (C=O) groups is 1. The lowest BCUT2D eigenvalue weighted by Gasteiger charge is -2.33. The molecular weight excluding hydrogens is 378 g/mol. The Kier molecular flexibility index (Phi) is 6.50. The molecule has 2 saturated heterocycles. The predicted molar refractivity (Wildman–Crippen MR) is 119 cm³/mol. The molecule has 2 aliphatic heterocycles. The maximum absolute atomic E-state index is 12.8. The van der Waals surface area contributed by atoms with Gasteiger partial charge in [0, 0.05) is 56.7 Å². The van der Waals surface area contributed by atoms with Crippen LogP contribution < -0.4 is 15.1 Å². The third-order valence-corrected chi connectivity index (χ3v) is 5.95. The van der Waals surface area contributed by atoms with E-state index in [2.05, 4.69) is 56.3 Å². The molecule has 160 valence electrons. The van der Waals surface area contributed by atoms with Crippen LogP contribution in [0.1, 0.15) is 28.9 Å². The summed E-state index contributed by atoms with van der Waals surface area (Å²) in [5.41, 5.74) is 2.94. The summed E-state index contributed by atoms with van der Waals surface area (Å²) >= 11 is 0. The SMILES string of the molecule is C[C@@H](NC(=O)c1ccnc(N2CCN(C)CC2)c1)c1ccc(N2CCOCC2)cc1. The Hall–Kier alpha value is -2.64. The number of nitrogens with zero attached hydrogens (tertiary/aromatic N) is 4. The fraction of sp³-hybridized carbons (Fsp3) is 0.478. The number of piperazine rings is 1. The number of aromatic nitrogens is 1. The van der Waals surface area contributed by atoms with Crippen LogP contribution in [0.2, 0.25) is 0 Å². The summed E-state index contributed by atoms with van der Waals surface area (Å²) in [6.07, 6.45) is 1.73. The molecule has 1 aromatic carbocycles. The molecule has 7 heteroatoms. The number of amides is 1. The van der Waals surface area contributed by atoms with Crippen molar-refractivity contribution < 1.29 is 9.53 Å². The van der Waals surface area contributed by atoms with Crippen LogP contribution in [0.5, 0.6) is 0 Å². The number of morpholine rings is 1. The van der Waals surface area contributed by atoms with Gasteiger partial charge in [-0.1, -0.05) is 12.1 Å². The zero-order chi connectivity index (χ0) is 20.9. The van der Waals surface area contributed by atoms with Gasteiger partial charge in [0.25, 0.3) is 5.91 Å². The molecule has 0 bridgehead atoms. The van der Waals surface area contributed by atoms with Gasteiger partial charge in [0.15, 0.2) is 0 Å². The van der Waals surface area contributed by atoms with E-state index in [0.29, 0.717) is 5.56 Å². The predicted octanol–water partition coefficient (Wildman–Crippen LogP) is 2.16. The van der Waals surface area contributed by atoms with Crippen molar-refractivity contribution >= 4 is 17.4 Å². The van der Waals surface area contributed by atoms with Crippen LogP contribution in [0.15, 0.2) is 42.6 Å². The summed E-state index contributed by atoms with van der Waals surface area (Å²) in [7, 11) is 2.13. The van der Waals surface area contributed by atoms with Gasteiger partial charge in [-0.3, -0.25) is 4.79 Å². The average Bonchev–Trinajstić information content (AvgIpc) is 2.80. The summed E-state index contributed by atoms with van der Waals surface area (Å²) in [4.78, 5) is 24.2. The van der Waals surface area contributed by atoms with E-state index in [1.165, 1.54) is 5.69 Å². The third-order valence-electron chi connectivity index (χ3n) is 5.95. The smallest absolute Gasteiger partial charge is 0.251 e. The second kappa shape index (κ2) is 9.45. The Bertz CT molecular complexity index is 843. The largest absolute Gasteiger partial charge is 0.378 e. The summed E-state index contributed by atoms with van der Waals surface area (Å²) in [6.45, 7) is 9.29. The normalized spacial score (nSPS) is 18.9. The molecule has 1 aromatic heterocycles. The maximum Gasteiger partial charge on any atom is 0.251 e. The number of pyridine rings is 1. The standard InChI is InChI=1S/C23H31N5O2/c1-18(19-3-5-21(6-4-19)27-13-15-30-16-14-27)25-23(29)20-7-8-24-22(17-20)28-11-9-26(2)10-12-28/h3-8,17-18H,9-16H2,1-2H3,(H,25,29)/t18-/m1/s1. The van der Waals surface area contributed by atoms with Gasteiger partial charge in [-0.05, 0) is 43.8 Å². The first kappa shape index (κ1) is 20.6. The number of rotatable bonds is 5. The molecule has 0 saturated carbocycles. The second-order valence-corrected chi connectivity index (χ2v) is 8.08. The highest BCUT2D eigenvalue weighted by molar-refractivity contribution is 5.95. The number of nitrogens with one attached hydrogen (secondary N) is 1. The van der Waals surface area contributed by atoms with Crippen molar-refractivity contribution in [2.24, 2.45) is 0 Å². The Balaban J connectivity index is 1.38. The first-order chi connectivity index (χ1) is 14.6. The fourth-order valence-corrected chi connectivity index (χ4v) is 3.93. The maximum atomic E-state index is 12.8. The molecule has 2 aromatic rings. The lowest BCUT2D eigenvalue weighted by Crippen LogP contribution is -2.44. The van der Waals surface area contributed by atoms with Crippen LogP contribution in [0.3, 0.4) is 0 Å². The molecule has 0 unspecified atom stereocenters. The molecule has 0 spiro atoms. The van der Waals surface area contributed by atoms with E-state index >= 15 is 0 Å². The second-order valence-electron chi connectivity index (χ2n) is 8.08. The van der Waals surface area contributed by atoms with Gasteiger partial charge >= 0.3 is 0 Å². The van der Waals surface area contributed by atoms with Crippen LogP contribution in [0.25, 0.3) is 0 Å². The first-order valence-electron chi connectivity index (χ1n) is 10.7. The highest BCUT2D eigenvalue weighted by atomic mass is 16.5. The van der Waals surface area contributed by atoms with Crippen molar-refractivity contribution in [1.82, 2.24) is 15.2 Å². The van der Waals surface area contributed by atoms with E-state index in [-0.39, 0.29) is 11.9 Å². The molecular formula is C23H31N5O2. The van der Waals surface area contributed by atoms with Crippen molar-refractivity contribution in [3.8, 4) is 0 Å². The van der Waals surface area contributed by atoms with Crippen molar-refractivity contribution in [3.05, 3.63) is 53.7 Å². The molecule has 1 N–H and O–H groups in total. The highest BCUT2D eigenvalue weighted by Gasteiger charge is 2.18. The Labute approximate surface area is 178 Å². The van der Waals surface area contributed by atoms with Crippen molar-refractivity contribution in [1.29, 1.82) is 0 Å². The van der Waals surface area contributed by atoms with Crippen molar-refractivity contribution in [2.45, 2.75) is 13.0 Å². The van der Waals surface area contributed by atoms with Crippen LogP contribution in [-0.2, 0) is 4.74 Å². The van der Waals surface area contributed by atoms with Gasteiger partial charge in [-0.2, -0.15) is 0 Å². The van der Waals surface area contributed by atoms with Gasteiger partial charge in [0.1, 0.15) is 5.82 Å². The van der Waals surface area contributed by atoms with Gasteiger partial charge in [-0.15, -0.1) is 0 Å². The van der Waals surface area contributed by atoms with E-state index in [1.54, 1.807) is 12.3 Å². The number of hydrogen-bond donors (Lipinski definition) is 1. The van der Waals surface area contributed by atoms with Crippen molar-refractivity contribution in [3.63, 3.8) is 0 Å². The Morgan fingerprint density at radius 1 is 1.00 bits per heavy atom. The number of anilines is 2. The number of hydrogen-bond acceptors (Lipinski definition) is 6. The molecule has 7 nitrogen and oxygen atoms in total. The molecule has 1 atom stereocenters. The van der Waals surface area contributed by atoms with Crippen LogP contribution in [0, 0.1) is 0 Å². The average molecular weight is 410 g/mol. The monoisotopic (exact) mass is 409 g/mol. The molecule has 1 amide bonds. The molecule has 3 heterocycles. The van der Waals surface area contributed by atoms with Crippen molar-refractivity contribution in [2.75, 3.05) is 69.3 Å². The summed E-state index contributed by atoms with van der Waals surface area (Å²) in [5.74, 6) is 0.802. The minimum Gasteiger partial charge on any atom is -0.378 e. The van der Waals surface area contributed by atoms with Gasteiger partial charge in [-0.25, -0.2) is 4.98 Å². The van der Waals surface area contributed by atoms with Gasteiger partial charge in [0.05, 0.1) is 19.3 Å². The topological polar surface area (TPSA) is 60.9 Å².